The number of benzene rings is 10. The van der Waals surface area contributed by atoms with Crippen molar-refractivity contribution in [2.75, 3.05) is 41.6 Å². The molecule has 117 heavy (non-hydrogen) atoms. The smallest absolute Gasteiger partial charge is 0.466 e. The summed E-state index contributed by atoms with van der Waals surface area (Å²) in [5.41, 5.74) is -1.51. The molecule has 10 aromatic rings. The minimum absolute atomic E-state index is 0. The Labute approximate surface area is 709 Å². The summed E-state index contributed by atoms with van der Waals surface area (Å²) in [6, 6.07) is 83.6. The van der Waals surface area contributed by atoms with Gasteiger partial charge in [-0.05, 0) is 77.2 Å². The number of hydrogen-bond acceptors (Lipinski definition) is 10. The number of hydrogen-bond donors (Lipinski definition) is 2. The maximum Gasteiger partial charge on any atom is 0.488 e. The van der Waals surface area contributed by atoms with Gasteiger partial charge in [-0.1, -0.05) is 188 Å². The van der Waals surface area contributed by atoms with Gasteiger partial charge in [-0.3, -0.25) is 9.59 Å². The molecule has 1 fully saturated rings. The van der Waals surface area contributed by atoms with E-state index in [-0.39, 0.29) is 73.8 Å². The summed E-state index contributed by atoms with van der Waals surface area (Å²) in [5, 5.41) is 25.5. The second-order valence-electron chi connectivity index (χ2n) is 25.2. The molecule has 1 saturated heterocycles. The Hall–Kier alpha value is -8.14. The normalized spacial score (nSPS) is 13.6. The molecule has 10 nitrogen and oxygen atoms in total. The Morgan fingerprint density at radius 2 is 0.880 bits per heavy atom. The van der Waals surface area contributed by atoms with E-state index >= 15 is 0 Å². The van der Waals surface area contributed by atoms with Gasteiger partial charge in [0.1, 0.15) is 0 Å². The Morgan fingerprint density at radius 1 is 0.513 bits per heavy atom. The van der Waals surface area contributed by atoms with E-state index < -0.39 is 99.5 Å². The van der Waals surface area contributed by atoms with Crippen LogP contribution in [0.25, 0.3) is 0 Å². The van der Waals surface area contributed by atoms with Gasteiger partial charge >= 0.3 is 277 Å². The van der Waals surface area contributed by atoms with Crippen molar-refractivity contribution in [3.8, 4) is 0 Å². The van der Waals surface area contributed by atoms with E-state index in [9.17, 15) is 71.9 Å². The molecule has 12 rings (SSSR count). The zero-order valence-electron chi connectivity index (χ0n) is 62.6. The molecular formula is C88H87BCl2F12I2O10P2. The maximum atomic E-state index is 13.4. The van der Waals surface area contributed by atoms with Gasteiger partial charge in [0, 0.05) is 16.9 Å². The van der Waals surface area contributed by atoms with Crippen LogP contribution in [0.3, 0.4) is 0 Å². The second-order valence-corrected chi connectivity index (χ2v) is 39.7. The molecule has 2 heterocycles. The number of esters is 4. The average Bonchev–Trinajstić information content (AvgIpc) is 0.757. The zero-order valence-corrected chi connectivity index (χ0v) is 70.2. The van der Waals surface area contributed by atoms with Gasteiger partial charge in [-0.2, -0.15) is 39.5 Å². The molecule has 0 amide bonds. The SMILES string of the molecule is C.COC(=O)C[C@H](CCI)c1cccc(C(F)(F)F)c1.COC(=O)C[C@H](CC[I-][P+](c1ccccc1)(c1ccccc1)c1ccccc1)c1cccc(C(F)(F)F)c1.ClCCl.O=C1C=CCCO1.O=C1CC(c2cccc(C(F)(F)F)c2)CCO1.OB(O)c1cccc(C(F)(F)F)c1.c1ccc(P(c2ccccc2)c2ccccc2)cc1. The van der Waals surface area contributed by atoms with E-state index in [1.165, 1.54) is 82.5 Å². The number of methoxy groups -OCH3 is 2. The monoisotopic (exact) mass is 1930 g/mol. The van der Waals surface area contributed by atoms with Crippen LogP contribution in [0.1, 0.15) is 109 Å². The van der Waals surface area contributed by atoms with Crippen molar-refractivity contribution in [2.24, 2.45) is 0 Å². The van der Waals surface area contributed by atoms with Crippen molar-refractivity contribution in [3.63, 3.8) is 0 Å². The number of alkyl halides is 16. The van der Waals surface area contributed by atoms with Crippen molar-refractivity contribution >= 4 is 127 Å². The van der Waals surface area contributed by atoms with Crippen molar-refractivity contribution in [1.29, 1.82) is 0 Å². The fourth-order valence-electron chi connectivity index (χ4n) is 11.7. The van der Waals surface area contributed by atoms with Crippen molar-refractivity contribution in [2.45, 2.75) is 94.8 Å². The van der Waals surface area contributed by atoms with Gasteiger partial charge in [0.2, 0.25) is 0 Å². The van der Waals surface area contributed by atoms with Crippen LogP contribution >= 0.6 is 58.6 Å². The van der Waals surface area contributed by atoms with Crippen LogP contribution in [0.5, 0.6) is 0 Å². The second kappa shape index (κ2) is 50.7. The summed E-state index contributed by atoms with van der Waals surface area (Å²) in [6.07, 6.45) is -11.3. The van der Waals surface area contributed by atoms with Crippen LogP contribution in [-0.4, -0.2) is 82.7 Å². The summed E-state index contributed by atoms with van der Waals surface area (Å²) >= 11 is 11.2. The molecule has 0 radical (unpaired) electrons. The first-order valence-electron chi connectivity index (χ1n) is 35.8. The first-order chi connectivity index (χ1) is 55.4. The number of halogens is 16. The standard InChI is InChI=1S/C31H29F3IO2P.C18H15P.C13H14F3IO2.C12H11F3O2.C7H6BF3O2.C5H6O2.CH2Cl2.CH4/c1-37-30(36)23-25(24-12-11-13-26(22-24)31(32,33)34)20-21-35-38(27-14-5-2-6-15-27,28-16-7-3-8-17-28)29-18-9-4-10-19-29;1-4-10-16(11-5-1)19(17-12-6-2-7-13-17)18-14-8-3-9-15-18;1-19-12(18)8-10(5-6-17)9-3-2-4-11(7-9)13(14,15)16;13-12(14,15)10-3-1-2-8(6-10)9-4-5-17-11(16)7-9;9-7(10,11)5-2-1-3-6(4-5)8(12)13;6-5-3-1-2-4-7-5;2-1-3;/h2-19,22,25H,20-21,23H2,1H3;1-15H;2-4,7,10H,5-6,8H2,1H3;1-3,6,9H,4-5,7H2;1-4,12-13H;1,3H,2,4H2;1H2;1H4/t25-;;10-;;;;;/m0.0...../s1. The summed E-state index contributed by atoms with van der Waals surface area (Å²) < 4.78 is 172. The van der Waals surface area contributed by atoms with Crippen LogP contribution in [0, 0.1) is 0 Å². The quantitative estimate of drug-likeness (QED) is 0.0144. The molecule has 2 aliphatic rings. The molecule has 29 heteroatoms. The molecule has 0 bridgehead atoms. The Morgan fingerprint density at radius 3 is 1.22 bits per heavy atom. The molecule has 2 N–H and O–H groups in total. The van der Waals surface area contributed by atoms with Crippen molar-refractivity contribution < 1.29 is 122 Å². The van der Waals surface area contributed by atoms with E-state index in [0.717, 1.165) is 57.7 Å². The van der Waals surface area contributed by atoms with Gasteiger partial charge < -0.3 is 24.3 Å². The first-order valence-corrected chi connectivity index (χ1v) is 45.9. The minimum atomic E-state index is -4.45. The summed E-state index contributed by atoms with van der Waals surface area (Å²) in [4.78, 5) is 42.9. The molecule has 0 spiro atoms. The molecule has 2 aliphatic heterocycles. The first kappa shape index (κ1) is 99.4. The molecule has 0 aromatic heterocycles. The van der Waals surface area contributed by atoms with Gasteiger partial charge in [-0.25, -0.2) is 4.79 Å². The van der Waals surface area contributed by atoms with Gasteiger partial charge in [0.15, 0.2) is 0 Å². The van der Waals surface area contributed by atoms with Gasteiger partial charge in [0.05, 0.1) is 55.2 Å². The molecule has 0 aliphatic carbocycles. The van der Waals surface area contributed by atoms with Gasteiger partial charge in [-0.15, -0.1) is 23.2 Å². The Kier molecular flexibility index (Phi) is 43.1. The third-order valence-electron chi connectivity index (χ3n) is 17.3. The molecule has 10 aromatic carbocycles. The number of carbonyl (C=O) groups is 4. The maximum absolute atomic E-state index is 13.4. The Bertz CT molecular complexity index is 4420. The van der Waals surface area contributed by atoms with E-state index in [4.69, 9.17) is 42.7 Å². The summed E-state index contributed by atoms with van der Waals surface area (Å²) in [6.45, 7) is 0.828. The third kappa shape index (κ3) is 33.5. The number of cyclic esters (lactones) is 2. The van der Waals surface area contributed by atoms with Crippen molar-refractivity contribution in [1.82, 2.24) is 0 Å². The topological polar surface area (TPSA) is 146 Å². The van der Waals surface area contributed by atoms with E-state index in [1.54, 1.807) is 18.2 Å². The minimum Gasteiger partial charge on any atom is -0.466 e. The average molecular weight is 1930 g/mol. The summed E-state index contributed by atoms with van der Waals surface area (Å²) in [7, 11) is 0.269. The van der Waals surface area contributed by atoms with Crippen LogP contribution in [-0.2, 0) is 62.8 Å². The number of carbonyl (C=O) groups excluding carboxylic acids is 4. The molecule has 3 atom stereocenters. The molecule has 0 saturated carbocycles. The number of ether oxygens (including phenoxy) is 4. The van der Waals surface area contributed by atoms with Crippen LogP contribution in [0.2, 0.25) is 0 Å². The number of rotatable bonds is 20. The van der Waals surface area contributed by atoms with E-state index in [2.05, 4.69) is 196 Å². The third-order valence-corrected chi connectivity index (χ3v) is 34.1. The largest absolute Gasteiger partial charge is 0.488 e. The summed E-state index contributed by atoms with van der Waals surface area (Å²) in [5.74, 6) is -2.16. The van der Waals surface area contributed by atoms with Crippen LogP contribution in [0.15, 0.2) is 291 Å². The van der Waals surface area contributed by atoms with E-state index in [0.29, 0.717) is 48.6 Å². The van der Waals surface area contributed by atoms with Gasteiger partial charge in [0.25, 0.3) is 0 Å². The molecular weight excluding hydrogens is 1840 g/mol. The Balaban J connectivity index is 0.000000265. The predicted octanol–water partition coefficient (Wildman–Crippen LogP) is 17.4. The van der Waals surface area contributed by atoms with Crippen LogP contribution in [0.4, 0.5) is 52.7 Å². The predicted molar refractivity (Wildman–Crippen MR) is 449 cm³/mol. The molecule has 624 valence electrons. The van der Waals surface area contributed by atoms with Crippen molar-refractivity contribution in [3.05, 3.63) is 330 Å². The van der Waals surface area contributed by atoms with Crippen LogP contribution < -0.4 is 57.9 Å². The fraction of sp³-hybridized carbons (Fsp3) is 0.250. The van der Waals surface area contributed by atoms with E-state index in [1.807, 2.05) is 24.3 Å². The molecule has 1 unspecified atom stereocenters. The zero-order chi connectivity index (χ0) is 84.7. The fourth-order valence-corrected chi connectivity index (χ4v) is 28.4.